The van der Waals surface area contributed by atoms with E-state index in [2.05, 4.69) is 21.1 Å². The van der Waals surface area contributed by atoms with Gasteiger partial charge in [0.2, 0.25) is 5.30 Å². The molecule has 0 aliphatic rings. The van der Waals surface area contributed by atoms with E-state index in [9.17, 15) is 9.36 Å². The van der Waals surface area contributed by atoms with E-state index in [1.54, 1.807) is 12.1 Å². The van der Waals surface area contributed by atoms with E-state index in [0.717, 1.165) is 11.6 Å². The molecule has 1 aromatic carbocycles. The minimum absolute atomic E-state index is 0.0947. The number of hydrogen-bond donors (Lipinski definition) is 1. The van der Waals surface area contributed by atoms with Gasteiger partial charge in [-0.2, -0.15) is 0 Å². The lowest BCUT2D eigenvalue weighted by Crippen LogP contribution is -2.18. The lowest BCUT2D eigenvalue weighted by Gasteiger charge is -2.03. The lowest BCUT2D eigenvalue weighted by atomic mass is 10.4. The van der Waals surface area contributed by atoms with E-state index in [4.69, 9.17) is 4.74 Å². The van der Waals surface area contributed by atoms with Crippen LogP contribution in [0, 0.1) is 0 Å². The Bertz CT molecular complexity index is 438. The Morgan fingerprint density at radius 3 is 2.70 bits per heavy atom. The molecule has 6 nitrogen and oxygen atoms in total. The predicted octanol–water partition coefficient (Wildman–Crippen LogP) is 1.96. The fourth-order valence-corrected chi connectivity index (χ4v) is 2.18. The van der Waals surface area contributed by atoms with Gasteiger partial charge in [-0.1, -0.05) is 24.8 Å². The molecule has 0 saturated carbocycles. The SMILES string of the molecule is C=COC(=O)OCCOCCN[P+](=O)c1ccccc1. The lowest BCUT2D eigenvalue weighted by molar-refractivity contribution is 0.0461. The Kier molecular flexibility index (Phi) is 8.22. The molecular formula is C13H17NO5P+. The van der Waals surface area contributed by atoms with Gasteiger partial charge in [-0.15, -0.1) is 5.09 Å². The largest absolute Gasteiger partial charge is 0.513 e. The highest BCUT2D eigenvalue weighted by Gasteiger charge is 2.17. The molecule has 1 unspecified atom stereocenters. The fraction of sp³-hybridized carbons (Fsp3) is 0.308. The van der Waals surface area contributed by atoms with Crippen molar-refractivity contribution in [1.29, 1.82) is 0 Å². The normalized spacial score (nSPS) is 10.7. The molecule has 108 valence electrons. The van der Waals surface area contributed by atoms with Crippen molar-refractivity contribution >= 4 is 19.4 Å². The third-order valence-corrected chi connectivity index (χ3v) is 3.40. The molecule has 1 atom stereocenters. The van der Waals surface area contributed by atoms with Gasteiger partial charge in [-0.25, -0.2) is 4.79 Å². The van der Waals surface area contributed by atoms with E-state index >= 15 is 0 Å². The number of hydrogen-bond acceptors (Lipinski definition) is 5. The molecule has 0 heterocycles. The van der Waals surface area contributed by atoms with Crippen LogP contribution >= 0.6 is 7.95 Å². The molecular weight excluding hydrogens is 281 g/mol. The Balaban J connectivity index is 2.01. The van der Waals surface area contributed by atoms with Crippen LogP contribution in [0.2, 0.25) is 0 Å². The first-order valence-corrected chi connectivity index (χ1v) is 7.28. The molecule has 1 rings (SSSR count). The topological polar surface area (TPSA) is 73.9 Å². The van der Waals surface area contributed by atoms with Crippen LogP contribution in [-0.2, 0) is 18.8 Å². The number of benzene rings is 1. The first kappa shape index (κ1) is 16.3. The monoisotopic (exact) mass is 298 g/mol. The number of ether oxygens (including phenoxy) is 3. The minimum atomic E-state index is -1.61. The number of carbonyl (C=O) groups excluding carboxylic acids is 1. The van der Waals surface area contributed by atoms with E-state index in [1.165, 1.54) is 0 Å². The maximum atomic E-state index is 11.8. The molecule has 0 spiro atoms. The van der Waals surface area contributed by atoms with Gasteiger partial charge in [0.25, 0.3) is 0 Å². The summed E-state index contributed by atoms with van der Waals surface area (Å²) in [5.74, 6) is 0. The highest BCUT2D eigenvalue weighted by atomic mass is 31.1. The molecule has 0 radical (unpaired) electrons. The quantitative estimate of drug-likeness (QED) is 0.325. The highest BCUT2D eigenvalue weighted by molar-refractivity contribution is 7.51. The van der Waals surface area contributed by atoms with Crippen LogP contribution in [0.5, 0.6) is 0 Å². The average Bonchev–Trinajstić information content (AvgIpc) is 2.47. The van der Waals surface area contributed by atoms with Gasteiger partial charge >= 0.3 is 14.1 Å². The summed E-state index contributed by atoms with van der Waals surface area (Å²) >= 11 is 0. The summed E-state index contributed by atoms with van der Waals surface area (Å²) in [4.78, 5) is 10.8. The third-order valence-electron chi connectivity index (χ3n) is 2.12. The fourth-order valence-electron chi connectivity index (χ4n) is 1.26. The van der Waals surface area contributed by atoms with E-state index in [-0.39, 0.29) is 13.2 Å². The number of rotatable bonds is 9. The van der Waals surface area contributed by atoms with Gasteiger partial charge in [-0.3, -0.25) is 0 Å². The zero-order valence-electron chi connectivity index (χ0n) is 11.0. The van der Waals surface area contributed by atoms with Gasteiger partial charge in [0.1, 0.15) is 6.61 Å². The van der Waals surface area contributed by atoms with Crippen molar-refractivity contribution in [1.82, 2.24) is 5.09 Å². The van der Waals surface area contributed by atoms with Gasteiger partial charge in [0, 0.05) is 0 Å². The molecule has 1 N–H and O–H groups in total. The Morgan fingerprint density at radius 2 is 2.00 bits per heavy atom. The molecule has 0 bridgehead atoms. The summed E-state index contributed by atoms with van der Waals surface area (Å²) in [5.41, 5.74) is 0. The average molecular weight is 298 g/mol. The standard InChI is InChI=1S/C13H17NO5P/c1-2-18-13(15)19-11-10-17-9-8-14-20(16)12-6-4-3-5-7-12/h2-7H,1,8-11H2,(H,14,16)/q+1. The molecule has 0 fully saturated rings. The van der Waals surface area contributed by atoms with Gasteiger partial charge in [0.15, 0.2) is 0 Å². The molecule has 0 aliphatic carbocycles. The van der Waals surface area contributed by atoms with Crippen molar-refractivity contribution in [2.24, 2.45) is 0 Å². The smallest absolute Gasteiger partial charge is 0.432 e. The van der Waals surface area contributed by atoms with E-state index in [1.807, 2.05) is 18.2 Å². The van der Waals surface area contributed by atoms with Crippen LogP contribution in [0.4, 0.5) is 4.79 Å². The second-order valence-electron chi connectivity index (χ2n) is 3.53. The molecule has 0 aliphatic heterocycles. The summed E-state index contributed by atoms with van der Waals surface area (Å²) in [5, 5.41) is 3.61. The van der Waals surface area contributed by atoms with Crippen LogP contribution in [0.1, 0.15) is 0 Å². The molecule has 0 amide bonds. The molecule has 0 saturated heterocycles. The zero-order valence-corrected chi connectivity index (χ0v) is 11.9. The summed E-state index contributed by atoms with van der Waals surface area (Å²) in [6.07, 6.45) is 0.182. The van der Waals surface area contributed by atoms with Crippen molar-refractivity contribution in [2.75, 3.05) is 26.4 Å². The van der Waals surface area contributed by atoms with Crippen LogP contribution < -0.4 is 10.4 Å². The van der Waals surface area contributed by atoms with Gasteiger partial charge in [0.05, 0.1) is 26.0 Å². The highest BCUT2D eigenvalue weighted by Crippen LogP contribution is 2.12. The maximum absolute atomic E-state index is 11.8. The molecule has 7 heteroatoms. The first-order valence-electron chi connectivity index (χ1n) is 6.02. The molecule has 1 aromatic rings. The van der Waals surface area contributed by atoms with Crippen LogP contribution in [-0.4, -0.2) is 32.5 Å². The minimum Gasteiger partial charge on any atom is -0.432 e. The van der Waals surface area contributed by atoms with Crippen molar-refractivity contribution in [3.63, 3.8) is 0 Å². The summed E-state index contributed by atoms with van der Waals surface area (Å²) < 4.78 is 26.0. The third kappa shape index (κ3) is 6.99. The van der Waals surface area contributed by atoms with Crippen molar-refractivity contribution < 1.29 is 23.6 Å². The van der Waals surface area contributed by atoms with Crippen LogP contribution in [0.15, 0.2) is 43.2 Å². The Hall–Kier alpha value is -1.75. The first-order chi connectivity index (χ1) is 9.74. The summed E-state index contributed by atoms with van der Waals surface area (Å²) in [6.45, 7) is 4.38. The van der Waals surface area contributed by atoms with Crippen LogP contribution in [0.25, 0.3) is 0 Å². The van der Waals surface area contributed by atoms with Crippen molar-refractivity contribution in [3.8, 4) is 0 Å². The van der Waals surface area contributed by atoms with E-state index < -0.39 is 14.1 Å². The molecule has 0 aromatic heterocycles. The maximum Gasteiger partial charge on any atom is 0.513 e. The summed E-state index contributed by atoms with van der Waals surface area (Å²) in [7, 11) is -1.61. The zero-order chi connectivity index (χ0) is 14.6. The van der Waals surface area contributed by atoms with Gasteiger partial charge in [-0.05, 0) is 16.7 Å². The second kappa shape index (κ2) is 10.1. The number of nitrogens with one attached hydrogen (secondary N) is 1. The van der Waals surface area contributed by atoms with Crippen molar-refractivity contribution in [2.45, 2.75) is 0 Å². The van der Waals surface area contributed by atoms with E-state index in [0.29, 0.717) is 13.2 Å². The Labute approximate surface area is 118 Å². The molecule has 20 heavy (non-hydrogen) atoms. The van der Waals surface area contributed by atoms with Gasteiger partial charge < -0.3 is 14.2 Å². The Morgan fingerprint density at radius 1 is 1.25 bits per heavy atom. The van der Waals surface area contributed by atoms with Crippen LogP contribution in [0.3, 0.4) is 0 Å². The number of carbonyl (C=O) groups is 1. The predicted molar refractivity (Wildman–Crippen MR) is 75.1 cm³/mol. The second-order valence-corrected chi connectivity index (χ2v) is 4.95. The summed E-state index contributed by atoms with van der Waals surface area (Å²) in [6, 6.07) is 9.13. The van der Waals surface area contributed by atoms with Crippen molar-refractivity contribution in [3.05, 3.63) is 43.2 Å².